The van der Waals surface area contributed by atoms with Crippen LogP contribution in [0, 0.1) is 6.92 Å². The largest absolute Gasteiger partial charge is 0.342 e. The van der Waals surface area contributed by atoms with Crippen LogP contribution in [-0.4, -0.2) is 24.9 Å². The SMILES string of the molecule is Cc1cncc(-c2ncc3[nH]cnc3n2)c1. The van der Waals surface area contributed by atoms with E-state index in [2.05, 4.69) is 24.9 Å². The molecule has 0 aliphatic rings. The van der Waals surface area contributed by atoms with Gasteiger partial charge in [0.05, 0.1) is 12.5 Å². The summed E-state index contributed by atoms with van der Waals surface area (Å²) in [6.45, 7) is 1.99. The van der Waals surface area contributed by atoms with Crippen LogP contribution in [0.4, 0.5) is 0 Å². The molecule has 1 N–H and O–H groups in total. The van der Waals surface area contributed by atoms with Crippen LogP contribution >= 0.6 is 0 Å². The van der Waals surface area contributed by atoms with Gasteiger partial charge in [-0.3, -0.25) is 4.98 Å². The number of aromatic amines is 1. The highest BCUT2D eigenvalue weighted by Crippen LogP contribution is 2.16. The third-order valence-electron chi connectivity index (χ3n) is 2.31. The average Bonchev–Trinajstić information content (AvgIpc) is 2.75. The summed E-state index contributed by atoms with van der Waals surface area (Å²) in [6, 6.07) is 2.00. The Morgan fingerprint density at radius 3 is 2.94 bits per heavy atom. The molecule has 5 heteroatoms. The molecule has 78 valence electrons. The van der Waals surface area contributed by atoms with E-state index in [9.17, 15) is 0 Å². The van der Waals surface area contributed by atoms with Crippen molar-refractivity contribution in [3.8, 4) is 11.4 Å². The van der Waals surface area contributed by atoms with E-state index >= 15 is 0 Å². The third-order valence-corrected chi connectivity index (χ3v) is 2.31. The van der Waals surface area contributed by atoms with Crippen molar-refractivity contribution < 1.29 is 0 Å². The van der Waals surface area contributed by atoms with Gasteiger partial charge in [0.25, 0.3) is 0 Å². The number of nitrogens with zero attached hydrogens (tertiary/aromatic N) is 4. The van der Waals surface area contributed by atoms with Crippen molar-refractivity contribution >= 4 is 11.2 Å². The molecule has 5 nitrogen and oxygen atoms in total. The number of hydrogen-bond donors (Lipinski definition) is 1. The maximum Gasteiger partial charge on any atom is 0.181 e. The highest BCUT2D eigenvalue weighted by Gasteiger charge is 2.04. The Bertz CT molecular complexity index is 643. The molecule has 3 aromatic heterocycles. The number of fused-ring (bicyclic) bond motifs is 1. The molecule has 0 aliphatic carbocycles. The molecule has 0 bridgehead atoms. The second-order valence-corrected chi connectivity index (χ2v) is 3.58. The summed E-state index contributed by atoms with van der Waals surface area (Å²) in [4.78, 5) is 19.8. The van der Waals surface area contributed by atoms with Gasteiger partial charge in [-0.1, -0.05) is 0 Å². The summed E-state index contributed by atoms with van der Waals surface area (Å²) < 4.78 is 0. The Balaban J connectivity index is 2.18. The molecule has 0 aromatic carbocycles. The highest BCUT2D eigenvalue weighted by atomic mass is 15.0. The molecule has 3 aromatic rings. The first-order valence-corrected chi connectivity index (χ1v) is 4.91. The smallest absolute Gasteiger partial charge is 0.181 e. The summed E-state index contributed by atoms with van der Waals surface area (Å²) >= 11 is 0. The van der Waals surface area contributed by atoms with Gasteiger partial charge in [0.15, 0.2) is 11.5 Å². The third kappa shape index (κ3) is 1.42. The lowest BCUT2D eigenvalue weighted by Crippen LogP contribution is -1.90. The van der Waals surface area contributed by atoms with Gasteiger partial charge in [0.2, 0.25) is 0 Å². The molecule has 3 heterocycles. The van der Waals surface area contributed by atoms with Gasteiger partial charge in [-0.15, -0.1) is 0 Å². The second-order valence-electron chi connectivity index (χ2n) is 3.58. The van der Waals surface area contributed by atoms with Gasteiger partial charge in [-0.05, 0) is 18.6 Å². The molecule has 0 amide bonds. The van der Waals surface area contributed by atoms with Gasteiger partial charge >= 0.3 is 0 Å². The molecule has 0 spiro atoms. The van der Waals surface area contributed by atoms with Gasteiger partial charge in [0.1, 0.15) is 5.52 Å². The minimum Gasteiger partial charge on any atom is -0.342 e. The van der Waals surface area contributed by atoms with Gasteiger partial charge in [-0.2, -0.15) is 0 Å². The minimum absolute atomic E-state index is 0.649. The molecule has 3 rings (SSSR count). The Labute approximate surface area is 91.6 Å². The standard InChI is InChI=1S/C11H9N5/c1-7-2-8(4-12-3-7)10-13-5-9-11(16-10)15-6-14-9/h2-6H,1H3,(H,13,14,15,16). The molecule has 0 saturated heterocycles. The molecule has 0 radical (unpaired) electrons. The van der Waals surface area contributed by atoms with Crippen LogP contribution < -0.4 is 0 Å². The number of H-pyrrole nitrogens is 1. The first-order valence-electron chi connectivity index (χ1n) is 4.91. The molecular formula is C11H9N5. The number of aryl methyl sites for hydroxylation is 1. The molecule has 0 aliphatic heterocycles. The summed E-state index contributed by atoms with van der Waals surface area (Å²) in [5.74, 6) is 0.649. The zero-order chi connectivity index (χ0) is 11.0. The molecule has 0 atom stereocenters. The van der Waals surface area contributed by atoms with E-state index in [1.165, 1.54) is 0 Å². The van der Waals surface area contributed by atoms with Crippen molar-refractivity contribution in [3.05, 3.63) is 36.5 Å². The summed E-state index contributed by atoms with van der Waals surface area (Å²) in [7, 11) is 0. The maximum absolute atomic E-state index is 4.35. The van der Waals surface area contributed by atoms with Crippen molar-refractivity contribution in [1.82, 2.24) is 24.9 Å². The number of imidazole rings is 1. The van der Waals surface area contributed by atoms with Crippen LogP contribution in [0.3, 0.4) is 0 Å². The first-order chi connectivity index (χ1) is 7.83. The summed E-state index contributed by atoms with van der Waals surface area (Å²) in [5.41, 5.74) is 3.50. The Kier molecular flexibility index (Phi) is 1.89. The lowest BCUT2D eigenvalue weighted by Gasteiger charge is -1.99. The summed E-state index contributed by atoms with van der Waals surface area (Å²) in [6.07, 6.45) is 6.89. The van der Waals surface area contributed by atoms with E-state index in [0.717, 1.165) is 16.6 Å². The van der Waals surface area contributed by atoms with Crippen LogP contribution in [0.5, 0.6) is 0 Å². The predicted molar refractivity (Wildman–Crippen MR) is 59.7 cm³/mol. The van der Waals surface area contributed by atoms with E-state index in [4.69, 9.17) is 0 Å². The normalized spacial score (nSPS) is 10.8. The molecule has 0 saturated carbocycles. The van der Waals surface area contributed by atoms with Crippen LogP contribution in [0.25, 0.3) is 22.6 Å². The van der Waals surface area contributed by atoms with Crippen LogP contribution in [0.15, 0.2) is 31.0 Å². The topological polar surface area (TPSA) is 67.3 Å². The second kappa shape index (κ2) is 3.37. The van der Waals surface area contributed by atoms with Crippen molar-refractivity contribution in [2.75, 3.05) is 0 Å². The number of nitrogens with one attached hydrogen (secondary N) is 1. The molecule has 0 unspecified atom stereocenters. The van der Waals surface area contributed by atoms with Gasteiger partial charge < -0.3 is 4.98 Å². The van der Waals surface area contributed by atoms with Crippen molar-refractivity contribution in [2.45, 2.75) is 6.92 Å². The first kappa shape index (κ1) is 8.96. The van der Waals surface area contributed by atoms with Crippen molar-refractivity contribution in [3.63, 3.8) is 0 Å². The summed E-state index contributed by atoms with van der Waals surface area (Å²) in [5, 5.41) is 0. The number of rotatable bonds is 1. The highest BCUT2D eigenvalue weighted by molar-refractivity contribution is 5.71. The number of aromatic nitrogens is 5. The van der Waals surface area contributed by atoms with Crippen molar-refractivity contribution in [2.24, 2.45) is 0 Å². The van der Waals surface area contributed by atoms with Crippen molar-refractivity contribution in [1.29, 1.82) is 0 Å². The van der Waals surface area contributed by atoms with E-state index in [0.29, 0.717) is 11.5 Å². The Hall–Kier alpha value is -2.30. The molecular weight excluding hydrogens is 202 g/mol. The Morgan fingerprint density at radius 2 is 2.06 bits per heavy atom. The van der Waals surface area contributed by atoms with E-state index in [-0.39, 0.29) is 0 Å². The van der Waals surface area contributed by atoms with Crippen LogP contribution in [0.1, 0.15) is 5.56 Å². The average molecular weight is 211 g/mol. The monoisotopic (exact) mass is 211 g/mol. The minimum atomic E-state index is 0.649. The lowest BCUT2D eigenvalue weighted by molar-refractivity contribution is 1.18. The fourth-order valence-electron chi connectivity index (χ4n) is 1.55. The number of pyridine rings is 1. The molecule has 0 fully saturated rings. The van der Waals surface area contributed by atoms with E-state index in [1.54, 1.807) is 24.9 Å². The van der Waals surface area contributed by atoms with Crippen LogP contribution in [0.2, 0.25) is 0 Å². The zero-order valence-electron chi connectivity index (χ0n) is 8.68. The quantitative estimate of drug-likeness (QED) is 0.665. The van der Waals surface area contributed by atoms with Gasteiger partial charge in [-0.25, -0.2) is 15.0 Å². The fourth-order valence-corrected chi connectivity index (χ4v) is 1.55. The lowest BCUT2D eigenvalue weighted by atomic mass is 10.2. The molecule has 16 heavy (non-hydrogen) atoms. The predicted octanol–water partition coefficient (Wildman–Crippen LogP) is 1.72. The zero-order valence-corrected chi connectivity index (χ0v) is 8.68. The van der Waals surface area contributed by atoms with E-state index < -0.39 is 0 Å². The number of hydrogen-bond acceptors (Lipinski definition) is 4. The Morgan fingerprint density at radius 1 is 1.12 bits per heavy atom. The van der Waals surface area contributed by atoms with Crippen LogP contribution in [-0.2, 0) is 0 Å². The fraction of sp³-hybridized carbons (Fsp3) is 0.0909. The van der Waals surface area contributed by atoms with E-state index in [1.807, 2.05) is 13.0 Å². The maximum atomic E-state index is 4.35. The van der Waals surface area contributed by atoms with Gasteiger partial charge in [0, 0.05) is 18.0 Å².